The summed E-state index contributed by atoms with van der Waals surface area (Å²) in [6.07, 6.45) is 2.54. The highest BCUT2D eigenvalue weighted by molar-refractivity contribution is 6.11. The van der Waals surface area contributed by atoms with Gasteiger partial charge in [0.1, 0.15) is 0 Å². The molecule has 2 aromatic carbocycles. The van der Waals surface area contributed by atoms with Crippen molar-refractivity contribution in [1.82, 2.24) is 0 Å². The molecule has 0 N–H and O–H groups in total. The SMILES string of the molecule is O=C1CC=c2cccc3cccc4cc5ccccc5c1c2=c34. The van der Waals surface area contributed by atoms with Crippen LogP contribution >= 0.6 is 0 Å². The predicted octanol–water partition coefficient (Wildman–Crippen LogP) is 4.37. The van der Waals surface area contributed by atoms with Gasteiger partial charge in [-0.3, -0.25) is 4.79 Å². The lowest BCUT2D eigenvalue weighted by atomic mass is 9.95. The Morgan fingerprint density at radius 2 is 1.43 bits per heavy atom. The van der Waals surface area contributed by atoms with E-state index in [9.17, 15) is 4.79 Å². The molecule has 0 amide bonds. The van der Waals surface area contributed by atoms with Crippen LogP contribution < -0.4 is 5.22 Å². The first kappa shape index (κ1) is 12.6. The average Bonchev–Trinajstić information content (AvgIpc) is 2.85. The molecule has 0 fully saturated rings. The molecule has 5 rings (SSSR count). The van der Waals surface area contributed by atoms with Crippen LogP contribution in [0.25, 0.3) is 27.6 Å². The second-order valence-electron chi connectivity index (χ2n) is 6.11. The number of fused-ring (bicyclic) bond motifs is 2. The molecule has 0 aliphatic heterocycles. The van der Waals surface area contributed by atoms with Crippen LogP contribution in [0.2, 0.25) is 0 Å². The minimum atomic E-state index is 0.211. The van der Waals surface area contributed by atoms with Gasteiger partial charge in [0.15, 0.2) is 5.78 Å². The minimum Gasteiger partial charge on any atom is -0.294 e. The third kappa shape index (κ3) is 1.71. The van der Waals surface area contributed by atoms with E-state index in [4.69, 9.17) is 0 Å². The van der Waals surface area contributed by atoms with Gasteiger partial charge in [-0.15, -0.1) is 0 Å². The van der Waals surface area contributed by atoms with Gasteiger partial charge in [-0.25, -0.2) is 0 Å². The number of hydrogen-bond donors (Lipinski definition) is 0. The Labute approximate surface area is 133 Å². The number of rotatable bonds is 0. The molecule has 0 spiro atoms. The third-order valence-electron chi connectivity index (χ3n) is 4.80. The van der Waals surface area contributed by atoms with Gasteiger partial charge in [0.05, 0.1) is 0 Å². The van der Waals surface area contributed by atoms with Gasteiger partial charge >= 0.3 is 0 Å². The molecule has 3 aliphatic rings. The summed E-state index contributed by atoms with van der Waals surface area (Å²) in [6.45, 7) is 0. The fraction of sp³-hybridized carbons (Fsp3) is 0.0455. The lowest BCUT2D eigenvalue weighted by molar-refractivity contribution is 0.0999. The number of carbonyl (C=O) groups is 1. The number of hydrogen-bond acceptors (Lipinski definition) is 1. The van der Waals surface area contributed by atoms with E-state index in [1.807, 2.05) is 12.1 Å². The number of benzene rings is 2. The lowest BCUT2D eigenvalue weighted by Crippen LogP contribution is -2.14. The first-order chi connectivity index (χ1) is 11.3. The Hall–Kier alpha value is -2.93. The van der Waals surface area contributed by atoms with Crippen LogP contribution in [0.4, 0.5) is 0 Å². The van der Waals surface area contributed by atoms with E-state index in [1.165, 1.54) is 16.0 Å². The highest BCUT2D eigenvalue weighted by Crippen LogP contribution is 2.26. The largest absolute Gasteiger partial charge is 0.294 e. The van der Waals surface area contributed by atoms with E-state index in [1.54, 1.807) is 0 Å². The summed E-state index contributed by atoms with van der Waals surface area (Å²) in [5, 5.41) is 7.97. The Bertz CT molecular complexity index is 1250. The summed E-state index contributed by atoms with van der Waals surface area (Å²) in [7, 11) is 0. The Kier molecular flexibility index (Phi) is 2.48. The second kappa shape index (κ2) is 4.53. The van der Waals surface area contributed by atoms with Crippen LogP contribution in [-0.4, -0.2) is 5.78 Å². The Morgan fingerprint density at radius 1 is 0.696 bits per heavy atom. The zero-order chi connectivity index (χ0) is 15.4. The van der Waals surface area contributed by atoms with Gasteiger partial charge < -0.3 is 0 Å². The van der Waals surface area contributed by atoms with Gasteiger partial charge in [-0.2, -0.15) is 0 Å². The molecule has 23 heavy (non-hydrogen) atoms. The molecule has 2 aromatic rings. The predicted molar refractivity (Wildman–Crippen MR) is 94.2 cm³/mol. The van der Waals surface area contributed by atoms with Crippen molar-refractivity contribution in [2.24, 2.45) is 0 Å². The van der Waals surface area contributed by atoms with Crippen molar-refractivity contribution in [1.29, 1.82) is 0 Å². The van der Waals surface area contributed by atoms with Gasteiger partial charge in [0.25, 0.3) is 0 Å². The van der Waals surface area contributed by atoms with Crippen molar-refractivity contribution in [2.75, 3.05) is 0 Å². The number of Topliss-reactive ketones (excluding diaryl/α,β-unsaturated/α-hetero) is 1. The summed E-state index contributed by atoms with van der Waals surface area (Å²) >= 11 is 0. The molecule has 0 bridgehead atoms. The van der Waals surface area contributed by atoms with Crippen LogP contribution in [0, 0.1) is 10.4 Å². The monoisotopic (exact) mass is 294 g/mol. The molecule has 0 saturated heterocycles. The molecule has 0 radical (unpaired) electrons. The van der Waals surface area contributed by atoms with Crippen LogP contribution in [0.15, 0.2) is 66.7 Å². The summed E-state index contributed by atoms with van der Waals surface area (Å²) in [4.78, 5) is 12.8. The summed E-state index contributed by atoms with van der Waals surface area (Å²) in [5.74, 6) is 0.211. The van der Waals surface area contributed by atoms with Crippen LogP contribution in [0.5, 0.6) is 0 Å². The molecule has 108 valence electrons. The quantitative estimate of drug-likeness (QED) is 0.471. The molecule has 0 saturated carbocycles. The molecule has 1 heteroatoms. The molecule has 0 aromatic heterocycles. The van der Waals surface area contributed by atoms with Gasteiger partial charge in [0, 0.05) is 17.2 Å². The second-order valence-corrected chi connectivity index (χ2v) is 6.11. The highest BCUT2D eigenvalue weighted by atomic mass is 16.1. The Morgan fingerprint density at radius 3 is 2.35 bits per heavy atom. The van der Waals surface area contributed by atoms with E-state index >= 15 is 0 Å². The van der Waals surface area contributed by atoms with E-state index in [0.29, 0.717) is 6.42 Å². The minimum absolute atomic E-state index is 0.211. The van der Waals surface area contributed by atoms with Crippen LogP contribution in [0.3, 0.4) is 0 Å². The molecule has 0 unspecified atom stereocenters. The smallest absolute Gasteiger partial charge is 0.167 e. The highest BCUT2D eigenvalue weighted by Gasteiger charge is 2.16. The van der Waals surface area contributed by atoms with Crippen molar-refractivity contribution < 1.29 is 4.79 Å². The molecular weight excluding hydrogens is 280 g/mol. The van der Waals surface area contributed by atoms with Crippen molar-refractivity contribution in [3.05, 3.63) is 87.9 Å². The lowest BCUT2D eigenvalue weighted by Gasteiger charge is -2.07. The fourth-order valence-electron chi connectivity index (χ4n) is 3.81. The molecule has 1 nitrogen and oxygen atoms in total. The molecule has 0 atom stereocenters. The number of ketones is 1. The zero-order valence-corrected chi connectivity index (χ0v) is 12.5. The third-order valence-corrected chi connectivity index (χ3v) is 4.80. The van der Waals surface area contributed by atoms with E-state index in [0.717, 1.165) is 26.8 Å². The van der Waals surface area contributed by atoms with E-state index < -0.39 is 0 Å². The molecular formula is C22H14O. The van der Waals surface area contributed by atoms with E-state index in [2.05, 4.69) is 60.7 Å². The van der Waals surface area contributed by atoms with Crippen molar-refractivity contribution in [3.63, 3.8) is 0 Å². The zero-order valence-electron chi connectivity index (χ0n) is 12.5. The Balaban J connectivity index is 2.36. The van der Waals surface area contributed by atoms with E-state index in [-0.39, 0.29) is 5.78 Å². The maximum atomic E-state index is 12.8. The van der Waals surface area contributed by atoms with Crippen molar-refractivity contribution >= 4 is 33.4 Å². The fourth-order valence-corrected chi connectivity index (χ4v) is 3.81. The topological polar surface area (TPSA) is 17.1 Å². The first-order valence-electron chi connectivity index (χ1n) is 7.90. The molecule has 0 heterocycles. The molecule has 3 aliphatic carbocycles. The maximum absolute atomic E-state index is 12.8. The van der Waals surface area contributed by atoms with Crippen molar-refractivity contribution in [2.45, 2.75) is 6.42 Å². The normalized spacial score (nSPS) is 13.5. The standard InChI is InChI=1S/C22H14O/c23-19-12-11-15-8-3-6-14-7-4-9-17-13-16-5-1-2-10-18(16)22(19)21(15)20(14)17/h1-11,13H,12H2. The van der Waals surface area contributed by atoms with Gasteiger partial charge in [-0.05, 0) is 38.0 Å². The average molecular weight is 294 g/mol. The van der Waals surface area contributed by atoms with Gasteiger partial charge in [-0.1, -0.05) is 66.7 Å². The summed E-state index contributed by atoms with van der Waals surface area (Å²) in [6, 6.07) is 23.1. The first-order valence-corrected chi connectivity index (χ1v) is 7.90. The van der Waals surface area contributed by atoms with Crippen molar-refractivity contribution in [3.8, 4) is 0 Å². The maximum Gasteiger partial charge on any atom is 0.167 e. The summed E-state index contributed by atoms with van der Waals surface area (Å²) < 4.78 is 0. The van der Waals surface area contributed by atoms with Gasteiger partial charge in [0.2, 0.25) is 0 Å². The van der Waals surface area contributed by atoms with Crippen LogP contribution in [-0.2, 0) is 0 Å². The van der Waals surface area contributed by atoms with Crippen LogP contribution in [0.1, 0.15) is 16.8 Å². The number of carbonyl (C=O) groups excluding carboxylic acids is 1. The summed E-state index contributed by atoms with van der Waals surface area (Å²) in [5.41, 5.74) is 0.875.